The first-order chi connectivity index (χ1) is 12.5. The van der Waals surface area contributed by atoms with Crippen LogP contribution in [0.25, 0.3) is 0 Å². The molecule has 1 saturated heterocycles. The highest BCUT2D eigenvalue weighted by atomic mass is 32.1. The van der Waals surface area contributed by atoms with Crippen LogP contribution >= 0.6 is 11.3 Å². The van der Waals surface area contributed by atoms with Crippen LogP contribution in [-0.2, 0) is 4.79 Å². The SMILES string of the molecule is CC(C)[C@H](NC(=O)CN1CCN(c2nccs2)CC1)c1ccc(F)cc1. The molecule has 140 valence electrons. The van der Waals surface area contributed by atoms with Crippen LogP contribution in [0.4, 0.5) is 9.52 Å². The van der Waals surface area contributed by atoms with Crippen LogP contribution in [0.3, 0.4) is 0 Å². The predicted octanol–water partition coefficient (Wildman–Crippen LogP) is 2.92. The first kappa shape index (κ1) is 18.8. The topological polar surface area (TPSA) is 48.5 Å². The number of thiazole rings is 1. The average Bonchev–Trinajstić information content (AvgIpc) is 3.16. The van der Waals surface area contributed by atoms with E-state index in [0.29, 0.717) is 6.54 Å². The number of anilines is 1. The minimum Gasteiger partial charge on any atom is -0.348 e. The number of nitrogens with one attached hydrogen (secondary N) is 1. The summed E-state index contributed by atoms with van der Waals surface area (Å²) in [4.78, 5) is 21.3. The van der Waals surface area contributed by atoms with Crippen molar-refractivity contribution in [1.29, 1.82) is 0 Å². The van der Waals surface area contributed by atoms with Crippen molar-refractivity contribution in [3.63, 3.8) is 0 Å². The maximum atomic E-state index is 13.2. The van der Waals surface area contributed by atoms with Gasteiger partial charge in [0.25, 0.3) is 0 Å². The third-order valence-electron chi connectivity index (χ3n) is 4.64. The van der Waals surface area contributed by atoms with Crippen LogP contribution in [0, 0.1) is 11.7 Å². The van der Waals surface area contributed by atoms with E-state index in [1.807, 2.05) is 11.6 Å². The Morgan fingerprint density at radius 3 is 2.50 bits per heavy atom. The van der Waals surface area contributed by atoms with E-state index in [-0.39, 0.29) is 23.7 Å². The van der Waals surface area contributed by atoms with E-state index in [9.17, 15) is 9.18 Å². The molecule has 0 radical (unpaired) electrons. The summed E-state index contributed by atoms with van der Waals surface area (Å²) in [5, 5.41) is 6.14. The monoisotopic (exact) mass is 376 g/mol. The number of amides is 1. The highest BCUT2D eigenvalue weighted by molar-refractivity contribution is 7.13. The van der Waals surface area contributed by atoms with E-state index < -0.39 is 0 Å². The Balaban J connectivity index is 1.52. The normalized spacial score (nSPS) is 16.7. The molecule has 5 nitrogen and oxygen atoms in total. The number of piperazine rings is 1. The van der Waals surface area contributed by atoms with Gasteiger partial charge in [-0.25, -0.2) is 9.37 Å². The first-order valence-corrected chi connectivity index (χ1v) is 9.82. The molecule has 7 heteroatoms. The standard InChI is InChI=1S/C19H25FN4OS/c1-14(2)18(15-3-5-16(20)6-4-15)22-17(25)13-23-8-10-24(11-9-23)19-21-7-12-26-19/h3-7,12,14,18H,8-11,13H2,1-2H3,(H,22,25)/t18-/m0/s1. The number of aromatic nitrogens is 1. The third-order valence-corrected chi connectivity index (χ3v) is 5.47. The lowest BCUT2D eigenvalue weighted by atomic mass is 9.96. The molecule has 1 fully saturated rings. The van der Waals surface area contributed by atoms with Crippen molar-refractivity contribution in [2.45, 2.75) is 19.9 Å². The molecule has 0 spiro atoms. The Bertz CT molecular complexity index is 697. The fourth-order valence-electron chi connectivity index (χ4n) is 3.20. The minimum atomic E-state index is -0.263. The molecule has 1 aliphatic heterocycles. The van der Waals surface area contributed by atoms with Gasteiger partial charge in [0.05, 0.1) is 12.6 Å². The number of carbonyl (C=O) groups is 1. The molecule has 0 saturated carbocycles. The number of hydrogen-bond acceptors (Lipinski definition) is 5. The Labute approximate surface area is 157 Å². The van der Waals surface area contributed by atoms with Crippen LogP contribution in [0.2, 0.25) is 0 Å². The average molecular weight is 377 g/mol. The summed E-state index contributed by atoms with van der Waals surface area (Å²) in [6.07, 6.45) is 1.82. The summed E-state index contributed by atoms with van der Waals surface area (Å²) >= 11 is 1.65. The molecule has 1 aromatic heterocycles. The summed E-state index contributed by atoms with van der Waals surface area (Å²) in [7, 11) is 0. The number of rotatable bonds is 6. The van der Waals surface area contributed by atoms with Crippen LogP contribution in [0.1, 0.15) is 25.5 Å². The van der Waals surface area contributed by atoms with Gasteiger partial charge < -0.3 is 10.2 Å². The molecule has 0 bridgehead atoms. The van der Waals surface area contributed by atoms with Gasteiger partial charge >= 0.3 is 0 Å². The zero-order valence-corrected chi connectivity index (χ0v) is 16.0. The van der Waals surface area contributed by atoms with E-state index in [0.717, 1.165) is 36.9 Å². The summed E-state index contributed by atoms with van der Waals surface area (Å²) in [6, 6.07) is 6.25. The predicted molar refractivity (Wildman–Crippen MR) is 103 cm³/mol. The lowest BCUT2D eigenvalue weighted by Gasteiger charge is -2.34. The second kappa shape index (κ2) is 8.60. The number of benzene rings is 1. The van der Waals surface area contributed by atoms with Gasteiger partial charge in [-0.05, 0) is 23.6 Å². The second-order valence-electron chi connectivity index (χ2n) is 6.92. The van der Waals surface area contributed by atoms with E-state index in [1.54, 1.807) is 23.5 Å². The van der Waals surface area contributed by atoms with Crippen LogP contribution < -0.4 is 10.2 Å². The molecule has 2 heterocycles. The maximum absolute atomic E-state index is 13.2. The zero-order valence-electron chi connectivity index (χ0n) is 15.2. The van der Waals surface area contributed by atoms with Crippen molar-refractivity contribution in [2.75, 3.05) is 37.6 Å². The number of carbonyl (C=O) groups excluding carboxylic acids is 1. The smallest absolute Gasteiger partial charge is 0.234 e. The number of nitrogens with zero attached hydrogens (tertiary/aromatic N) is 3. The Hall–Kier alpha value is -1.99. The van der Waals surface area contributed by atoms with E-state index >= 15 is 0 Å². The number of halogens is 1. The maximum Gasteiger partial charge on any atom is 0.234 e. The van der Waals surface area contributed by atoms with Crippen LogP contribution in [0.15, 0.2) is 35.8 Å². The van der Waals surface area contributed by atoms with E-state index in [2.05, 4.69) is 33.9 Å². The largest absolute Gasteiger partial charge is 0.348 e. The van der Waals surface area contributed by atoms with Gasteiger partial charge in [0, 0.05) is 37.8 Å². The third kappa shape index (κ3) is 4.80. The molecule has 1 aromatic carbocycles. The van der Waals surface area contributed by atoms with Gasteiger partial charge in [-0.1, -0.05) is 26.0 Å². The lowest BCUT2D eigenvalue weighted by molar-refractivity contribution is -0.123. The Morgan fingerprint density at radius 1 is 1.23 bits per heavy atom. The molecule has 1 amide bonds. The van der Waals surface area contributed by atoms with Crippen molar-refractivity contribution in [1.82, 2.24) is 15.2 Å². The minimum absolute atomic E-state index is 0.00993. The fraction of sp³-hybridized carbons (Fsp3) is 0.474. The highest BCUT2D eigenvalue weighted by Gasteiger charge is 2.23. The van der Waals surface area contributed by atoms with Crippen LogP contribution in [0.5, 0.6) is 0 Å². The van der Waals surface area contributed by atoms with Gasteiger partial charge in [0.15, 0.2) is 5.13 Å². The van der Waals surface area contributed by atoms with Gasteiger partial charge in [-0.2, -0.15) is 0 Å². The van der Waals surface area contributed by atoms with Gasteiger partial charge in [0.2, 0.25) is 5.91 Å². The second-order valence-corrected chi connectivity index (χ2v) is 7.79. The van der Waals surface area contributed by atoms with Gasteiger partial charge in [0.1, 0.15) is 5.82 Å². The number of hydrogen-bond donors (Lipinski definition) is 1. The van der Waals surface area contributed by atoms with Crippen molar-refractivity contribution < 1.29 is 9.18 Å². The highest BCUT2D eigenvalue weighted by Crippen LogP contribution is 2.22. The molecular weight excluding hydrogens is 351 g/mol. The molecule has 26 heavy (non-hydrogen) atoms. The van der Waals surface area contributed by atoms with Crippen molar-refractivity contribution in [3.05, 3.63) is 47.2 Å². The summed E-state index contributed by atoms with van der Waals surface area (Å²) < 4.78 is 13.2. The molecule has 0 aliphatic carbocycles. The summed E-state index contributed by atoms with van der Waals surface area (Å²) in [6.45, 7) is 7.95. The van der Waals surface area contributed by atoms with Gasteiger partial charge in [-0.3, -0.25) is 9.69 Å². The molecular formula is C19H25FN4OS. The summed E-state index contributed by atoms with van der Waals surface area (Å²) in [5.74, 6) is -0.0254. The zero-order chi connectivity index (χ0) is 18.5. The molecule has 0 unspecified atom stereocenters. The fourth-order valence-corrected chi connectivity index (χ4v) is 3.89. The molecule has 1 aliphatic rings. The Morgan fingerprint density at radius 2 is 1.92 bits per heavy atom. The summed E-state index contributed by atoms with van der Waals surface area (Å²) in [5.41, 5.74) is 0.934. The van der Waals surface area contributed by atoms with Crippen molar-refractivity contribution >= 4 is 22.4 Å². The van der Waals surface area contributed by atoms with E-state index in [1.165, 1.54) is 12.1 Å². The quantitative estimate of drug-likeness (QED) is 0.842. The van der Waals surface area contributed by atoms with Crippen molar-refractivity contribution in [2.24, 2.45) is 5.92 Å². The van der Waals surface area contributed by atoms with E-state index in [4.69, 9.17) is 0 Å². The van der Waals surface area contributed by atoms with Crippen molar-refractivity contribution in [3.8, 4) is 0 Å². The first-order valence-electron chi connectivity index (χ1n) is 8.94. The van der Waals surface area contributed by atoms with Crippen LogP contribution in [-0.4, -0.2) is 48.5 Å². The molecule has 2 aromatic rings. The Kier molecular flexibility index (Phi) is 6.21. The van der Waals surface area contributed by atoms with Gasteiger partial charge in [-0.15, -0.1) is 11.3 Å². The molecule has 1 N–H and O–H groups in total. The molecule has 1 atom stereocenters. The molecule has 3 rings (SSSR count). The lowest BCUT2D eigenvalue weighted by Crippen LogP contribution is -2.50.